The fourth-order valence-corrected chi connectivity index (χ4v) is 3.64. The lowest BCUT2D eigenvalue weighted by molar-refractivity contribution is -0.124. The molecule has 5 nitrogen and oxygen atoms in total. The number of carbonyl (C=O) groups is 2. The first-order valence-corrected chi connectivity index (χ1v) is 9.02. The van der Waals surface area contributed by atoms with Crippen molar-refractivity contribution >= 4 is 11.8 Å². The SMILES string of the molecule is CCN1CCc2c(OCC(=O)NC3CCCCC3)cccc2C1=O. The number of likely N-dealkylation sites (N-methyl/N-ethyl adjacent to an activating group) is 1. The molecule has 1 aliphatic carbocycles. The Hall–Kier alpha value is -2.04. The van der Waals surface area contributed by atoms with Gasteiger partial charge in [0, 0.05) is 30.3 Å². The van der Waals surface area contributed by atoms with Crippen molar-refractivity contribution in [1.29, 1.82) is 0 Å². The van der Waals surface area contributed by atoms with Crippen LogP contribution in [-0.2, 0) is 11.2 Å². The molecule has 1 aromatic carbocycles. The summed E-state index contributed by atoms with van der Waals surface area (Å²) >= 11 is 0. The lowest BCUT2D eigenvalue weighted by atomic mass is 9.95. The molecule has 3 rings (SSSR count). The number of carbonyl (C=O) groups excluding carboxylic acids is 2. The Morgan fingerprint density at radius 2 is 2.08 bits per heavy atom. The number of hydrogen-bond acceptors (Lipinski definition) is 3. The molecule has 24 heavy (non-hydrogen) atoms. The summed E-state index contributed by atoms with van der Waals surface area (Å²) < 4.78 is 5.74. The van der Waals surface area contributed by atoms with Gasteiger partial charge in [-0.05, 0) is 38.3 Å². The Labute approximate surface area is 143 Å². The fourth-order valence-electron chi connectivity index (χ4n) is 3.64. The Balaban J connectivity index is 1.61. The normalized spacial score (nSPS) is 18.2. The van der Waals surface area contributed by atoms with Crippen LogP contribution in [0, 0.1) is 0 Å². The third-order valence-electron chi connectivity index (χ3n) is 4.99. The molecule has 0 bridgehead atoms. The third-order valence-corrected chi connectivity index (χ3v) is 4.99. The van der Waals surface area contributed by atoms with Crippen LogP contribution in [0.1, 0.15) is 54.9 Å². The molecule has 0 spiro atoms. The minimum atomic E-state index is -0.0724. The summed E-state index contributed by atoms with van der Waals surface area (Å²) in [5, 5.41) is 3.06. The van der Waals surface area contributed by atoms with Crippen LogP contribution < -0.4 is 10.1 Å². The second-order valence-electron chi connectivity index (χ2n) is 6.61. The quantitative estimate of drug-likeness (QED) is 0.902. The number of rotatable bonds is 5. The molecule has 0 saturated heterocycles. The Kier molecular flexibility index (Phi) is 5.38. The van der Waals surface area contributed by atoms with Gasteiger partial charge in [-0.3, -0.25) is 9.59 Å². The monoisotopic (exact) mass is 330 g/mol. The average Bonchev–Trinajstić information content (AvgIpc) is 2.61. The maximum Gasteiger partial charge on any atom is 0.258 e. The zero-order valence-electron chi connectivity index (χ0n) is 14.3. The van der Waals surface area contributed by atoms with Crippen LogP contribution in [0.2, 0.25) is 0 Å². The van der Waals surface area contributed by atoms with Crippen molar-refractivity contribution in [3.8, 4) is 5.75 Å². The third kappa shape index (κ3) is 3.71. The van der Waals surface area contributed by atoms with Gasteiger partial charge < -0.3 is 15.0 Å². The zero-order valence-corrected chi connectivity index (χ0v) is 14.3. The molecule has 1 aromatic rings. The highest BCUT2D eigenvalue weighted by molar-refractivity contribution is 5.97. The molecular formula is C19H26N2O3. The van der Waals surface area contributed by atoms with Crippen LogP contribution in [-0.4, -0.2) is 42.5 Å². The topological polar surface area (TPSA) is 58.6 Å². The first-order valence-electron chi connectivity index (χ1n) is 9.02. The van der Waals surface area contributed by atoms with Gasteiger partial charge >= 0.3 is 0 Å². The number of hydrogen-bond donors (Lipinski definition) is 1. The minimum absolute atomic E-state index is 0.0125. The molecule has 1 aliphatic heterocycles. The van der Waals surface area contributed by atoms with Gasteiger partial charge in [0.1, 0.15) is 5.75 Å². The van der Waals surface area contributed by atoms with E-state index in [1.807, 2.05) is 30.0 Å². The first-order chi connectivity index (χ1) is 11.7. The van der Waals surface area contributed by atoms with Gasteiger partial charge in [-0.15, -0.1) is 0 Å². The summed E-state index contributed by atoms with van der Waals surface area (Å²) in [6, 6.07) is 5.81. The molecule has 2 aliphatic rings. The van der Waals surface area contributed by atoms with Crippen molar-refractivity contribution in [1.82, 2.24) is 10.2 Å². The molecule has 2 amide bonds. The van der Waals surface area contributed by atoms with Crippen molar-refractivity contribution < 1.29 is 14.3 Å². The van der Waals surface area contributed by atoms with Crippen molar-refractivity contribution in [2.45, 2.75) is 51.5 Å². The van der Waals surface area contributed by atoms with E-state index in [0.717, 1.165) is 24.8 Å². The number of nitrogens with one attached hydrogen (secondary N) is 1. The number of ether oxygens (including phenoxy) is 1. The molecule has 0 aromatic heterocycles. The van der Waals surface area contributed by atoms with E-state index in [1.54, 1.807) is 0 Å². The first kappa shape index (κ1) is 16.8. The number of amides is 2. The predicted octanol–water partition coefficient (Wildman–Crippen LogP) is 2.53. The van der Waals surface area contributed by atoms with Gasteiger partial charge in [-0.2, -0.15) is 0 Å². The molecule has 1 heterocycles. The molecular weight excluding hydrogens is 304 g/mol. The van der Waals surface area contributed by atoms with E-state index in [-0.39, 0.29) is 18.4 Å². The lowest BCUT2D eigenvalue weighted by Crippen LogP contribution is -2.39. The average molecular weight is 330 g/mol. The maximum atomic E-state index is 12.4. The summed E-state index contributed by atoms with van der Waals surface area (Å²) in [6.45, 7) is 3.42. The molecule has 1 saturated carbocycles. The van der Waals surface area contributed by atoms with E-state index in [0.29, 0.717) is 30.4 Å². The van der Waals surface area contributed by atoms with E-state index in [4.69, 9.17) is 4.74 Å². The fraction of sp³-hybridized carbons (Fsp3) is 0.579. The summed E-state index contributed by atoms with van der Waals surface area (Å²) in [5.41, 5.74) is 1.63. The van der Waals surface area contributed by atoms with Crippen LogP contribution in [0.15, 0.2) is 18.2 Å². The number of nitrogens with zero attached hydrogens (tertiary/aromatic N) is 1. The minimum Gasteiger partial charge on any atom is -0.483 e. The second kappa shape index (κ2) is 7.69. The zero-order chi connectivity index (χ0) is 16.9. The van der Waals surface area contributed by atoms with Gasteiger partial charge in [0.15, 0.2) is 6.61 Å². The molecule has 5 heteroatoms. The lowest BCUT2D eigenvalue weighted by Gasteiger charge is -2.28. The highest BCUT2D eigenvalue weighted by Crippen LogP contribution is 2.28. The number of benzene rings is 1. The standard InChI is InChI=1S/C19H26N2O3/c1-2-21-12-11-15-16(19(21)23)9-6-10-17(15)24-13-18(22)20-14-7-4-3-5-8-14/h6,9-10,14H,2-5,7-8,11-13H2,1H3,(H,20,22). The maximum absolute atomic E-state index is 12.4. The van der Waals surface area contributed by atoms with Gasteiger partial charge in [-0.1, -0.05) is 25.3 Å². The Morgan fingerprint density at radius 1 is 1.29 bits per heavy atom. The molecule has 1 fully saturated rings. The van der Waals surface area contributed by atoms with Gasteiger partial charge in [-0.25, -0.2) is 0 Å². The van der Waals surface area contributed by atoms with Crippen molar-refractivity contribution in [2.75, 3.05) is 19.7 Å². The van der Waals surface area contributed by atoms with Crippen molar-refractivity contribution in [2.24, 2.45) is 0 Å². The molecule has 0 radical (unpaired) electrons. The smallest absolute Gasteiger partial charge is 0.258 e. The van der Waals surface area contributed by atoms with Gasteiger partial charge in [0.05, 0.1) is 0 Å². The van der Waals surface area contributed by atoms with E-state index in [9.17, 15) is 9.59 Å². The van der Waals surface area contributed by atoms with Crippen molar-refractivity contribution in [3.05, 3.63) is 29.3 Å². The van der Waals surface area contributed by atoms with E-state index < -0.39 is 0 Å². The molecule has 1 N–H and O–H groups in total. The van der Waals surface area contributed by atoms with Gasteiger partial charge in [0.2, 0.25) is 0 Å². The highest BCUT2D eigenvalue weighted by atomic mass is 16.5. The second-order valence-corrected chi connectivity index (χ2v) is 6.61. The predicted molar refractivity (Wildman–Crippen MR) is 92.2 cm³/mol. The molecule has 0 atom stereocenters. The van der Waals surface area contributed by atoms with E-state index >= 15 is 0 Å². The summed E-state index contributed by atoms with van der Waals surface area (Å²) in [6.07, 6.45) is 6.54. The van der Waals surface area contributed by atoms with Crippen LogP contribution in [0.25, 0.3) is 0 Å². The molecule has 130 valence electrons. The van der Waals surface area contributed by atoms with Gasteiger partial charge in [0.25, 0.3) is 11.8 Å². The Morgan fingerprint density at radius 3 is 2.83 bits per heavy atom. The van der Waals surface area contributed by atoms with Crippen LogP contribution in [0.3, 0.4) is 0 Å². The summed E-state index contributed by atoms with van der Waals surface area (Å²) in [5.74, 6) is 0.642. The van der Waals surface area contributed by atoms with E-state index in [1.165, 1.54) is 19.3 Å². The summed E-state index contributed by atoms with van der Waals surface area (Å²) in [7, 11) is 0. The molecule has 0 unspecified atom stereocenters. The number of fused-ring (bicyclic) bond motifs is 1. The van der Waals surface area contributed by atoms with E-state index in [2.05, 4.69) is 5.32 Å². The summed E-state index contributed by atoms with van der Waals surface area (Å²) in [4.78, 5) is 26.3. The largest absolute Gasteiger partial charge is 0.483 e. The van der Waals surface area contributed by atoms with Crippen molar-refractivity contribution in [3.63, 3.8) is 0 Å². The Bertz CT molecular complexity index is 609. The highest BCUT2D eigenvalue weighted by Gasteiger charge is 2.25. The van der Waals surface area contributed by atoms with Crippen LogP contribution >= 0.6 is 0 Å². The van der Waals surface area contributed by atoms with Crippen LogP contribution in [0.5, 0.6) is 5.75 Å². The van der Waals surface area contributed by atoms with Crippen LogP contribution in [0.4, 0.5) is 0 Å².